The van der Waals surface area contributed by atoms with E-state index in [0.717, 1.165) is 23.6 Å². The second kappa shape index (κ2) is 64.7. The number of aliphatic hydroxyl groups is 4. The van der Waals surface area contributed by atoms with Gasteiger partial charge in [-0.25, -0.2) is 0 Å². The zero-order valence-electron chi connectivity index (χ0n) is 88.7. The van der Waals surface area contributed by atoms with E-state index < -0.39 is 320 Å². The number of amides is 22. The Labute approximate surface area is 872 Å². The molecule has 0 aromatic rings. The monoisotopic (exact) mass is 2130 g/mol. The summed E-state index contributed by atoms with van der Waals surface area (Å²) in [4.78, 5) is 320. The zero-order valence-corrected chi connectivity index (χ0v) is 88.7. The molecule has 150 heavy (non-hydrogen) atoms. The topological polar surface area (TPSA) is 878 Å². The standard InChI is InChI=1S/C95H164N28O27/c1-17-47(8)70(87(144)111-59(34-36-65(97)130)92(149)122-40-24-30-62(122)84(141)118-74(53(14)126)90(147)109-57(28-22-38-104-95(101)102)81(138)114-69(46(6)7)77(98)134)116-83(140)61-29-23-39-121(61)68(133)44-106-80(137)60(42-45(4)5)112-91(148)75(54(15)127)119-85(142)63-31-25-41-123(63)93(150)76(55(16)128)120-82(139)58(33-35-64(96)129)110-86(143)71(48(9)18-2)117-88(145)72(49(10)19-3)115-78(135)51(12)107-67(132)43-105-79(136)56(27-21-37-103-94(99)100)108-89(146)73(52(13)125)113-66(131)32-20-26-50(11)124/h45-49,51-63,69-76,125-128H,17-44H2,1-16H3,(H2,96,129)(H2,97,130)(H2,98,134)(H,105,136)(H,106,137)(H,107,132)(H,108,146)(H,109,147)(H,110,143)(H,111,144)(H,112,148)(H,113,131)(H,114,138)(H,115,135)(H,116,140)(H,117,145)(H,118,141)(H,119,142)(H,120,139)(H4,99,100,103)(H4,101,102,104)/t47-,48-,49-,51-,52+,53+,54+,55+,56-,57-,58-,59-,60-,61-,62-,63-,69-,70-,71-,72-,73-,74-,75-,76-/m0/s1. The van der Waals surface area contributed by atoms with Crippen LogP contribution in [-0.4, -0.2) is 356 Å². The van der Waals surface area contributed by atoms with Crippen LogP contribution in [-0.2, 0) is 110 Å². The van der Waals surface area contributed by atoms with Gasteiger partial charge in [0.25, 0.3) is 0 Å². The maximum atomic E-state index is 14.7. The van der Waals surface area contributed by atoms with Crippen molar-refractivity contribution in [3.63, 3.8) is 0 Å². The lowest BCUT2D eigenvalue weighted by Crippen LogP contribution is -2.63. The van der Waals surface area contributed by atoms with E-state index in [9.17, 15) is 131 Å². The van der Waals surface area contributed by atoms with Crippen molar-refractivity contribution in [3.8, 4) is 0 Å². The Morgan fingerprint density at radius 3 is 1.07 bits per heavy atom. The van der Waals surface area contributed by atoms with Gasteiger partial charge in [0.15, 0.2) is 11.9 Å². The van der Waals surface area contributed by atoms with E-state index in [1.54, 1.807) is 69.2 Å². The number of hydrogen-bond acceptors (Lipinski definition) is 29. The van der Waals surface area contributed by atoms with Gasteiger partial charge in [-0.1, -0.05) is 88.5 Å². The maximum Gasteiger partial charge on any atom is 0.248 e. The van der Waals surface area contributed by atoms with Crippen LogP contribution in [0.2, 0.25) is 0 Å². The molecule has 55 heteroatoms. The summed E-state index contributed by atoms with van der Waals surface area (Å²) in [6.07, 6.45) is -7.14. The normalized spacial score (nSPS) is 18.5. The molecule has 0 aliphatic carbocycles. The number of nitrogens with zero attached hydrogens (tertiary/aromatic N) is 3. The average molecular weight is 2130 g/mol. The highest BCUT2D eigenvalue weighted by atomic mass is 16.3. The van der Waals surface area contributed by atoms with Crippen LogP contribution in [0.4, 0.5) is 0 Å². The molecule has 0 spiro atoms. The van der Waals surface area contributed by atoms with Crippen molar-refractivity contribution in [1.82, 2.24) is 110 Å². The van der Waals surface area contributed by atoms with E-state index in [4.69, 9.17) is 39.5 Å². The molecule has 0 unspecified atom stereocenters. The minimum Gasteiger partial charge on any atom is -0.391 e. The molecule has 0 bridgehead atoms. The predicted octanol–water partition coefficient (Wildman–Crippen LogP) is -9.34. The van der Waals surface area contributed by atoms with E-state index >= 15 is 0 Å². The van der Waals surface area contributed by atoms with E-state index in [1.807, 2.05) is 0 Å². The third kappa shape index (κ3) is 43.5. The molecule has 0 saturated carbocycles. The fraction of sp³-hybridized carbons (Fsp3) is 0.737. The number of carbonyl (C=O) groups excluding carboxylic acids is 23. The Morgan fingerprint density at radius 2 is 0.667 bits per heavy atom. The smallest absolute Gasteiger partial charge is 0.248 e. The lowest BCUT2D eigenvalue weighted by atomic mass is 9.94. The molecule has 3 fully saturated rings. The second-order valence-corrected chi connectivity index (χ2v) is 39.5. The number of aliphatic hydroxyl groups excluding tert-OH is 4. The van der Waals surface area contributed by atoms with Crippen LogP contribution >= 0.6 is 0 Å². The van der Waals surface area contributed by atoms with Crippen molar-refractivity contribution in [1.29, 1.82) is 10.8 Å². The van der Waals surface area contributed by atoms with Gasteiger partial charge >= 0.3 is 0 Å². The first kappa shape index (κ1) is 131. The molecule has 846 valence electrons. The number of ketones is 1. The summed E-state index contributed by atoms with van der Waals surface area (Å²) in [5.74, 6) is -24.3. The summed E-state index contributed by atoms with van der Waals surface area (Å²) in [5, 5.41) is 104. The van der Waals surface area contributed by atoms with Gasteiger partial charge in [-0.15, -0.1) is 0 Å². The summed E-state index contributed by atoms with van der Waals surface area (Å²) in [5.41, 5.74) is 27.4. The molecule has 3 aliphatic heterocycles. The van der Waals surface area contributed by atoms with Crippen molar-refractivity contribution in [3.05, 3.63) is 0 Å². The van der Waals surface area contributed by atoms with E-state index in [1.165, 1.54) is 32.6 Å². The van der Waals surface area contributed by atoms with E-state index in [2.05, 4.69) is 95.7 Å². The van der Waals surface area contributed by atoms with E-state index in [0.29, 0.717) is 0 Å². The molecule has 3 aliphatic rings. The average Bonchev–Trinajstić information content (AvgIpc) is 1.59. The first-order valence-corrected chi connectivity index (χ1v) is 51.2. The lowest BCUT2D eigenvalue weighted by Gasteiger charge is -2.33. The number of likely N-dealkylation sites (tertiary alicyclic amines) is 3. The molecule has 55 nitrogen and oxygen atoms in total. The van der Waals surface area contributed by atoms with Gasteiger partial charge in [-0.05, 0) is 161 Å². The van der Waals surface area contributed by atoms with Crippen LogP contribution in [0, 0.1) is 40.4 Å². The Kier molecular flexibility index (Phi) is 56.3. The van der Waals surface area contributed by atoms with Crippen LogP contribution in [0.25, 0.3) is 0 Å². The summed E-state index contributed by atoms with van der Waals surface area (Å²) in [7, 11) is 0. The van der Waals surface area contributed by atoms with Crippen LogP contribution in [0.15, 0.2) is 0 Å². The van der Waals surface area contributed by atoms with Gasteiger partial charge in [0.1, 0.15) is 108 Å². The molecule has 0 aromatic heterocycles. The zero-order chi connectivity index (χ0) is 114. The van der Waals surface area contributed by atoms with Crippen molar-refractivity contribution in [2.24, 2.45) is 58.3 Å². The second-order valence-electron chi connectivity index (χ2n) is 39.5. The van der Waals surface area contributed by atoms with Crippen molar-refractivity contribution >= 4 is 148 Å². The number of hydrogen-bond donors (Lipinski definition) is 29. The Bertz CT molecular complexity index is 4700. The quantitative estimate of drug-likeness (QED) is 0.0153. The highest BCUT2D eigenvalue weighted by molar-refractivity contribution is 6.03. The van der Waals surface area contributed by atoms with Gasteiger partial charge in [0.2, 0.25) is 130 Å². The third-order valence-electron chi connectivity index (χ3n) is 26.2. The van der Waals surface area contributed by atoms with Gasteiger partial charge in [-0.3, -0.25) is 116 Å². The minimum absolute atomic E-state index is 0.00714. The molecular weight excluding hydrogens is 1970 g/mol. The Hall–Kier alpha value is -13.6. The fourth-order valence-electron chi connectivity index (χ4n) is 16.9. The van der Waals surface area contributed by atoms with Crippen molar-refractivity contribution in [2.45, 2.75) is 373 Å². The predicted molar refractivity (Wildman–Crippen MR) is 541 cm³/mol. The summed E-state index contributed by atoms with van der Waals surface area (Å²) in [6.45, 7) is 22.1. The first-order chi connectivity index (χ1) is 70.2. The summed E-state index contributed by atoms with van der Waals surface area (Å²) < 4.78 is 0. The number of carbonyl (C=O) groups is 23. The number of primary amides is 3. The van der Waals surface area contributed by atoms with Crippen molar-refractivity contribution < 1.29 is 131 Å². The highest BCUT2D eigenvalue weighted by Crippen LogP contribution is 2.26. The highest BCUT2D eigenvalue weighted by Gasteiger charge is 2.47. The van der Waals surface area contributed by atoms with E-state index in [-0.39, 0.29) is 165 Å². The largest absolute Gasteiger partial charge is 0.391 e. The van der Waals surface area contributed by atoms with Gasteiger partial charge in [0.05, 0.1) is 37.5 Å². The molecule has 0 aromatic carbocycles. The van der Waals surface area contributed by atoms with Crippen LogP contribution in [0.3, 0.4) is 0 Å². The molecule has 3 rings (SSSR count). The lowest BCUT2D eigenvalue weighted by molar-refractivity contribution is -0.145. The number of rotatable bonds is 66. The molecule has 24 atom stereocenters. The molecular formula is C95H164N28O27. The number of guanidine groups is 2. The van der Waals surface area contributed by atoms with Gasteiger partial charge < -0.3 is 164 Å². The van der Waals surface area contributed by atoms with Crippen LogP contribution < -0.4 is 124 Å². The molecule has 34 N–H and O–H groups in total. The first-order valence-electron chi connectivity index (χ1n) is 51.2. The molecule has 3 heterocycles. The number of Topliss-reactive ketones (excluding diaryl/α,β-unsaturated/α-hetero) is 1. The Balaban J connectivity index is 1.79. The minimum atomic E-state index is -1.90. The van der Waals surface area contributed by atoms with Crippen molar-refractivity contribution in [2.75, 3.05) is 45.8 Å². The van der Waals surface area contributed by atoms with Crippen LogP contribution in [0.1, 0.15) is 246 Å². The van der Waals surface area contributed by atoms with Gasteiger partial charge in [-0.2, -0.15) is 0 Å². The Morgan fingerprint density at radius 1 is 0.327 bits per heavy atom. The number of nitrogens with two attached hydrogens (primary N) is 5. The van der Waals surface area contributed by atoms with Gasteiger partial charge in [0, 0.05) is 58.4 Å². The number of nitrogens with one attached hydrogen (secondary N) is 20. The van der Waals surface area contributed by atoms with Crippen LogP contribution in [0.5, 0.6) is 0 Å². The maximum absolute atomic E-state index is 14.7. The summed E-state index contributed by atoms with van der Waals surface area (Å²) >= 11 is 0. The summed E-state index contributed by atoms with van der Waals surface area (Å²) in [6, 6.07) is -25.6. The molecule has 0 radical (unpaired) electrons. The SMILES string of the molecule is CC[C@H](C)[C@H](NC(=O)[C@H](C)NC(=O)CNC(=O)[C@H](CCCNC(=N)N)NC(=O)[C@@H](NC(=O)CCCC(C)=O)[C@@H](C)O)C(=O)N[C@H](C(=O)N[C@@H](CCC(N)=O)C(=O)N[C@H](C(=O)N1CCC[C@H]1C(=O)N[C@H](C(=O)N[C@@H](CC(C)C)C(=O)NCC(=O)N1CCC[C@H]1C(=O)N[C@H](C(=O)N[C@@H](CCC(N)=O)C(=O)N1CCC[C@H]1C(=O)N[C@H](C(=O)N[C@@H](CCCNC(=N)N)C(=O)N[C@H](C(N)=O)C(C)C)[C@@H](C)O)[C@@H](C)CC)[C@@H](C)O)[C@@H](C)O)[C@@H](C)CC. The molecule has 3 saturated heterocycles. The fourth-order valence-corrected chi connectivity index (χ4v) is 16.9. The molecule has 22 amide bonds. The third-order valence-corrected chi connectivity index (χ3v) is 26.2.